The summed E-state index contributed by atoms with van der Waals surface area (Å²) in [7, 11) is 0. The molecule has 0 amide bonds. The molecule has 4 heteroatoms. The van der Waals surface area contributed by atoms with E-state index in [1.807, 2.05) is 6.08 Å². The number of allylic oxidation sites excluding steroid dienone is 1. The van der Waals surface area contributed by atoms with Crippen LogP contribution >= 0.6 is 0 Å². The van der Waals surface area contributed by atoms with Crippen LogP contribution in [0.2, 0.25) is 0 Å². The number of hydrogen-bond acceptors (Lipinski definition) is 4. The predicted molar refractivity (Wildman–Crippen MR) is 149 cm³/mol. The van der Waals surface area contributed by atoms with Crippen molar-refractivity contribution in [3.63, 3.8) is 0 Å². The second kappa shape index (κ2) is 27.3. The molecule has 0 bridgehead atoms. The first-order chi connectivity index (χ1) is 17.1. The van der Waals surface area contributed by atoms with E-state index < -0.39 is 0 Å². The average Bonchev–Trinajstić information content (AvgIpc) is 2.85. The molecule has 35 heavy (non-hydrogen) atoms. The normalized spacial score (nSPS) is 11.4. The molecule has 0 aliphatic heterocycles. The first kappa shape index (κ1) is 33.7. The van der Waals surface area contributed by atoms with Gasteiger partial charge in [0.25, 0.3) is 0 Å². The van der Waals surface area contributed by atoms with Crippen molar-refractivity contribution in [2.75, 3.05) is 6.61 Å². The molecule has 0 rings (SSSR count). The summed E-state index contributed by atoms with van der Waals surface area (Å²) in [5.74, 6) is -0.129. The lowest BCUT2D eigenvalue weighted by atomic mass is 10.0. The van der Waals surface area contributed by atoms with Crippen LogP contribution < -0.4 is 0 Å². The molecule has 0 N–H and O–H groups in total. The third-order valence-electron chi connectivity index (χ3n) is 6.55. The zero-order valence-electron chi connectivity index (χ0n) is 23.6. The van der Waals surface area contributed by atoms with Crippen molar-refractivity contribution in [1.29, 1.82) is 0 Å². The highest BCUT2D eigenvalue weighted by Gasteiger charge is 2.14. The van der Waals surface area contributed by atoms with Crippen LogP contribution in [0.5, 0.6) is 0 Å². The van der Waals surface area contributed by atoms with Crippen LogP contribution in [0.1, 0.15) is 162 Å². The Morgan fingerprint density at radius 3 is 1.63 bits per heavy atom. The number of rotatable bonds is 26. The maximum Gasteiger partial charge on any atom is 0.306 e. The summed E-state index contributed by atoms with van der Waals surface area (Å²) in [5.41, 5.74) is 0. The van der Waals surface area contributed by atoms with Crippen molar-refractivity contribution < 1.29 is 19.1 Å². The number of hydrogen-bond donors (Lipinski definition) is 0. The van der Waals surface area contributed by atoms with Gasteiger partial charge in [-0.3, -0.25) is 9.59 Å². The minimum atomic E-state index is -0.104. The van der Waals surface area contributed by atoms with E-state index in [0.29, 0.717) is 19.4 Å². The highest BCUT2D eigenvalue weighted by atomic mass is 16.5. The van der Waals surface area contributed by atoms with Crippen LogP contribution in [-0.4, -0.2) is 24.6 Å². The van der Waals surface area contributed by atoms with Gasteiger partial charge in [0.05, 0.1) is 0 Å². The van der Waals surface area contributed by atoms with Gasteiger partial charge >= 0.3 is 11.9 Å². The van der Waals surface area contributed by atoms with Gasteiger partial charge < -0.3 is 9.47 Å². The molecule has 0 spiro atoms. The number of ether oxygens (including phenoxy) is 2. The molecule has 4 nitrogen and oxygen atoms in total. The van der Waals surface area contributed by atoms with Gasteiger partial charge in [-0.1, -0.05) is 110 Å². The van der Waals surface area contributed by atoms with Crippen molar-refractivity contribution >= 4 is 11.9 Å². The van der Waals surface area contributed by atoms with Gasteiger partial charge in [0.1, 0.15) is 12.7 Å². The molecule has 0 fully saturated rings. The third-order valence-corrected chi connectivity index (χ3v) is 6.55. The van der Waals surface area contributed by atoms with Gasteiger partial charge in [-0.25, -0.2) is 0 Å². The second-order valence-corrected chi connectivity index (χ2v) is 10.1. The lowest BCUT2D eigenvalue weighted by Gasteiger charge is -2.18. The van der Waals surface area contributed by atoms with Crippen LogP contribution in [-0.2, 0) is 19.1 Å². The maximum atomic E-state index is 12.3. The van der Waals surface area contributed by atoms with E-state index >= 15 is 0 Å². The molecule has 0 saturated carbocycles. The highest BCUT2D eigenvalue weighted by molar-refractivity contribution is 5.69. The number of esters is 2. The smallest absolute Gasteiger partial charge is 0.306 e. The molecule has 0 saturated heterocycles. The quantitative estimate of drug-likeness (QED) is 0.0682. The van der Waals surface area contributed by atoms with Crippen LogP contribution in [0, 0.1) is 0 Å². The summed E-state index contributed by atoms with van der Waals surface area (Å²) in [5, 5.41) is 0. The summed E-state index contributed by atoms with van der Waals surface area (Å²) in [6.45, 7) is 7.06. The zero-order chi connectivity index (χ0) is 25.8. The van der Waals surface area contributed by atoms with Crippen molar-refractivity contribution in [2.45, 2.75) is 168 Å². The Labute approximate surface area is 218 Å². The average molecular weight is 495 g/mol. The molecule has 0 radical (unpaired) electrons. The first-order valence-electron chi connectivity index (χ1n) is 15.1. The van der Waals surface area contributed by atoms with Crippen molar-refractivity contribution in [1.82, 2.24) is 0 Å². The van der Waals surface area contributed by atoms with Crippen LogP contribution in [0.4, 0.5) is 0 Å². The van der Waals surface area contributed by atoms with Gasteiger partial charge in [0.15, 0.2) is 0 Å². The molecule has 0 aromatic rings. The van der Waals surface area contributed by atoms with Crippen molar-refractivity contribution in [3.8, 4) is 0 Å². The Morgan fingerprint density at radius 1 is 0.571 bits per heavy atom. The SMILES string of the molecule is CCCCCC/C=C\COC(=O)CCCCCCCC(=O)OC(CCCCCC)CCCCCC. The van der Waals surface area contributed by atoms with E-state index in [1.54, 1.807) is 0 Å². The van der Waals surface area contributed by atoms with Gasteiger partial charge in [0, 0.05) is 12.8 Å². The zero-order valence-corrected chi connectivity index (χ0v) is 23.6. The fraction of sp³-hybridized carbons (Fsp3) is 0.871. The monoisotopic (exact) mass is 494 g/mol. The molecule has 0 aliphatic carbocycles. The Bertz CT molecular complexity index is 488. The summed E-state index contributed by atoms with van der Waals surface area (Å²) in [4.78, 5) is 24.1. The number of carbonyl (C=O) groups is 2. The molecule has 0 aromatic heterocycles. The van der Waals surface area contributed by atoms with Gasteiger partial charge in [0.2, 0.25) is 0 Å². The fourth-order valence-electron chi connectivity index (χ4n) is 4.26. The summed E-state index contributed by atoms with van der Waals surface area (Å²) >= 11 is 0. The molecule has 0 atom stereocenters. The fourth-order valence-corrected chi connectivity index (χ4v) is 4.26. The van der Waals surface area contributed by atoms with Crippen molar-refractivity contribution in [3.05, 3.63) is 12.2 Å². The van der Waals surface area contributed by atoms with E-state index in [1.165, 1.54) is 64.2 Å². The van der Waals surface area contributed by atoms with Gasteiger partial charge in [-0.05, 0) is 51.4 Å². The maximum absolute atomic E-state index is 12.3. The Morgan fingerprint density at radius 2 is 1.06 bits per heavy atom. The van der Waals surface area contributed by atoms with Crippen LogP contribution in [0.25, 0.3) is 0 Å². The van der Waals surface area contributed by atoms with Crippen LogP contribution in [0.3, 0.4) is 0 Å². The predicted octanol–water partition coefficient (Wildman–Crippen LogP) is 9.64. The van der Waals surface area contributed by atoms with Crippen LogP contribution in [0.15, 0.2) is 12.2 Å². The minimum absolute atomic E-state index is 0.0250. The molecular weight excluding hydrogens is 436 g/mol. The van der Waals surface area contributed by atoms with E-state index in [4.69, 9.17) is 9.47 Å². The lowest BCUT2D eigenvalue weighted by molar-refractivity contribution is -0.150. The minimum Gasteiger partial charge on any atom is -0.462 e. The largest absolute Gasteiger partial charge is 0.462 e. The number of carbonyl (C=O) groups excluding carboxylic acids is 2. The van der Waals surface area contributed by atoms with E-state index in [2.05, 4.69) is 26.8 Å². The Kier molecular flexibility index (Phi) is 26.2. The summed E-state index contributed by atoms with van der Waals surface area (Å²) in [6, 6.07) is 0. The lowest BCUT2D eigenvalue weighted by Crippen LogP contribution is -2.18. The third kappa shape index (κ3) is 25.6. The molecule has 0 heterocycles. The standard InChI is InChI=1S/C31H58O4/c1-4-7-10-13-14-18-23-28-34-30(32)26-21-16-15-17-22-27-31(33)35-29(24-19-11-8-5-2)25-20-12-9-6-3/h18,23,29H,4-17,19-22,24-28H2,1-3H3/b23-18-. The summed E-state index contributed by atoms with van der Waals surface area (Å²) in [6.07, 6.45) is 28.0. The van der Waals surface area contributed by atoms with Crippen molar-refractivity contribution in [2.24, 2.45) is 0 Å². The Hall–Kier alpha value is -1.32. The second-order valence-electron chi connectivity index (χ2n) is 10.1. The molecule has 206 valence electrons. The topological polar surface area (TPSA) is 52.6 Å². The molecule has 0 aliphatic rings. The number of unbranched alkanes of at least 4 members (excludes halogenated alkanes) is 14. The van der Waals surface area contributed by atoms with E-state index in [0.717, 1.165) is 64.2 Å². The molecule has 0 aromatic carbocycles. The van der Waals surface area contributed by atoms with Gasteiger partial charge in [-0.15, -0.1) is 0 Å². The molecule has 0 unspecified atom stereocenters. The first-order valence-corrected chi connectivity index (χ1v) is 15.1. The van der Waals surface area contributed by atoms with Gasteiger partial charge in [-0.2, -0.15) is 0 Å². The Balaban J connectivity index is 3.77. The van der Waals surface area contributed by atoms with E-state index in [-0.39, 0.29) is 18.0 Å². The highest BCUT2D eigenvalue weighted by Crippen LogP contribution is 2.17. The van der Waals surface area contributed by atoms with E-state index in [9.17, 15) is 9.59 Å². The molecular formula is C31H58O4. The summed E-state index contributed by atoms with van der Waals surface area (Å²) < 4.78 is 11.1.